The van der Waals surface area contributed by atoms with Crippen LogP contribution < -0.4 is 0 Å². The van der Waals surface area contributed by atoms with Crippen LogP contribution in [0.2, 0.25) is 0 Å². The molecule has 0 rings (SSSR count). The normalized spacial score (nSPS) is 11.5. The highest BCUT2D eigenvalue weighted by atomic mass is 16.5. The number of carbonyl (C=O) groups is 2. The van der Waals surface area contributed by atoms with Crippen LogP contribution in [-0.4, -0.2) is 23.7 Å². The number of carboxylic acids is 1. The fraction of sp³-hybridized carbons (Fsp3) is 0.700. The summed E-state index contributed by atoms with van der Waals surface area (Å²) in [6.45, 7) is 1.72. The van der Waals surface area contributed by atoms with E-state index in [-0.39, 0.29) is 25.4 Å². The number of carboxylic acid groups (broad SMARTS) is 1. The number of esters is 1. The van der Waals surface area contributed by atoms with Gasteiger partial charge in [-0.15, -0.1) is 0 Å². The lowest BCUT2D eigenvalue weighted by molar-refractivity contribution is -0.145. The van der Waals surface area contributed by atoms with Gasteiger partial charge in [-0.3, -0.25) is 9.59 Å². The first-order valence-corrected chi connectivity index (χ1v) is 4.83. The van der Waals surface area contributed by atoms with E-state index < -0.39 is 11.9 Å². The number of hydrogen-bond acceptors (Lipinski definition) is 4. The van der Waals surface area contributed by atoms with Gasteiger partial charge in [0, 0.05) is 6.42 Å². The molecule has 0 spiro atoms. The largest absolute Gasteiger partial charge is 0.481 e. The van der Waals surface area contributed by atoms with E-state index >= 15 is 0 Å². The van der Waals surface area contributed by atoms with Crippen LogP contribution in [-0.2, 0) is 14.3 Å². The molecular weight excluding hydrogens is 198 g/mol. The summed E-state index contributed by atoms with van der Waals surface area (Å²) in [5, 5.41) is 16.8. The van der Waals surface area contributed by atoms with Crippen molar-refractivity contribution in [1.82, 2.24) is 0 Å². The van der Waals surface area contributed by atoms with E-state index in [0.29, 0.717) is 12.8 Å². The van der Waals surface area contributed by atoms with E-state index in [9.17, 15) is 9.59 Å². The second-order valence-electron chi connectivity index (χ2n) is 3.26. The zero-order valence-corrected chi connectivity index (χ0v) is 8.73. The molecule has 0 bridgehead atoms. The van der Waals surface area contributed by atoms with E-state index in [1.807, 2.05) is 6.07 Å². The van der Waals surface area contributed by atoms with Crippen LogP contribution in [0.5, 0.6) is 0 Å². The van der Waals surface area contributed by atoms with Crippen molar-refractivity contribution in [3.63, 3.8) is 0 Å². The molecule has 5 heteroatoms. The average molecular weight is 213 g/mol. The van der Waals surface area contributed by atoms with Crippen LogP contribution in [0.15, 0.2) is 0 Å². The second kappa shape index (κ2) is 7.80. The fourth-order valence-corrected chi connectivity index (χ4v) is 0.959. The Hall–Kier alpha value is -1.57. The SMILES string of the molecule is CC(CCCC(=O)OCCC#N)C(=O)O. The molecule has 1 N–H and O–H groups in total. The molecular formula is C10H15NO4. The van der Waals surface area contributed by atoms with Crippen molar-refractivity contribution in [3.05, 3.63) is 0 Å². The molecule has 0 amide bonds. The lowest BCUT2D eigenvalue weighted by Crippen LogP contribution is -2.11. The standard InChI is InChI=1S/C10H15NO4/c1-8(10(13)14)4-2-5-9(12)15-7-3-6-11/h8H,2-5,7H2,1H3,(H,13,14). The Morgan fingerprint density at radius 3 is 2.73 bits per heavy atom. The molecule has 0 aromatic carbocycles. The van der Waals surface area contributed by atoms with E-state index in [1.54, 1.807) is 6.92 Å². The quantitative estimate of drug-likeness (QED) is 0.509. The van der Waals surface area contributed by atoms with Gasteiger partial charge in [0.1, 0.15) is 6.61 Å². The lowest BCUT2D eigenvalue weighted by atomic mass is 10.0. The van der Waals surface area contributed by atoms with Gasteiger partial charge in [0.25, 0.3) is 0 Å². The molecule has 0 aromatic heterocycles. The molecule has 0 saturated heterocycles. The first-order valence-electron chi connectivity index (χ1n) is 4.83. The molecule has 0 saturated carbocycles. The maximum absolute atomic E-state index is 11.0. The Balaban J connectivity index is 3.47. The summed E-state index contributed by atoms with van der Waals surface area (Å²) >= 11 is 0. The molecule has 0 aliphatic heterocycles. The Morgan fingerprint density at radius 2 is 2.20 bits per heavy atom. The van der Waals surface area contributed by atoms with Crippen LogP contribution >= 0.6 is 0 Å². The van der Waals surface area contributed by atoms with Gasteiger partial charge in [-0.05, 0) is 12.8 Å². The monoisotopic (exact) mass is 213 g/mol. The molecule has 84 valence electrons. The number of rotatable bonds is 7. The van der Waals surface area contributed by atoms with E-state index in [2.05, 4.69) is 0 Å². The van der Waals surface area contributed by atoms with Crippen LogP contribution in [0, 0.1) is 17.2 Å². The molecule has 0 fully saturated rings. The third kappa shape index (κ3) is 7.50. The second-order valence-corrected chi connectivity index (χ2v) is 3.26. The number of aliphatic carboxylic acids is 1. The van der Waals surface area contributed by atoms with Crippen LogP contribution in [0.25, 0.3) is 0 Å². The molecule has 0 aromatic rings. The molecule has 5 nitrogen and oxygen atoms in total. The summed E-state index contributed by atoms with van der Waals surface area (Å²) in [6.07, 6.45) is 1.36. The fourth-order valence-electron chi connectivity index (χ4n) is 0.959. The minimum absolute atomic E-state index is 0.115. The zero-order chi connectivity index (χ0) is 11.7. The van der Waals surface area contributed by atoms with Crippen molar-refractivity contribution in [3.8, 4) is 6.07 Å². The summed E-state index contributed by atoms with van der Waals surface area (Å²) in [6, 6.07) is 1.86. The van der Waals surface area contributed by atoms with Gasteiger partial charge in [0.2, 0.25) is 0 Å². The van der Waals surface area contributed by atoms with Gasteiger partial charge >= 0.3 is 11.9 Å². The maximum atomic E-state index is 11.0. The third-order valence-corrected chi connectivity index (χ3v) is 1.92. The van der Waals surface area contributed by atoms with Crippen LogP contribution in [0.4, 0.5) is 0 Å². The zero-order valence-electron chi connectivity index (χ0n) is 8.73. The summed E-state index contributed by atoms with van der Waals surface area (Å²) in [4.78, 5) is 21.4. The Morgan fingerprint density at radius 1 is 1.53 bits per heavy atom. The molecule has 0 aliphatic rings. The minimum atomic E-state index is -0.854. The molecule has 0 heterocycles. The topological polar surface area (TPSA) is 87.4 Å². The van der Waals surface area contributed by atoms with Crippen molar-refractivity contribution >= 4 is 11.9 Å². The van der Waals surface area contributed by atoms with E-state index in [1.165, 1.54) is 0 Å². The van der Waals surface area contributed by atoms with Gasteiger partial charge < -0.3 is 9.84 Å². The smallest absolute Gasteiger partial charge is 0.306 e. The van der Waals surface area contributed by atoms with E-state index in [0.717, 1.165) is 0 Å². The predicted molar refractivity (Wildman–Crippen MR) is 51.8 cm³/mol. The van der Waals surface area contributed by atoms with Gasteiger partial charge in [0.05, 0.1) is 18.4 Å². The summed E-state index contributed by atoms with van der Waals surface area (Å²) < 4.78 is 4.72. The third-order valence-electron chi connectivity index (χ3n) is 1.92. The summed E-state index contributed by atoms with van der Waals surface area (Å²) in [5.74, 6) is -1.66. The van der Waals surface area contributed by atoms with E-state index in [4.69, 9.17) is 15.1 Å². The van der Waals surface area contributed by atoms with Crippen LogP contribution in [0.3, 0.4) is 0 Å². The lowest BCUT2D eigenvalue weighted by Gasteiger charge is -2.05. The first kappa shape index (κ1) is 13.4. The van der Waals surface area contributed by atoms with Gasteiger partial charge in [0.15, 0.2) is 0 Å². The van der Waals surface area contributed by atoms with Gasteiger partial charge in [-0.2, -0.15) is 5.26 Å². The van der Waals surface area contributed by atoms with Crippen molar-refractivity contribution < 1.29 is 19.4 Å². The summed E-state index contributed by atoms with van der Waals surface area (Å²) in [5.41, 5.74) is 0. The molecule has 1 unspecified atom stereocenters. The molecule has 0 radical (unpaired) electrons. The number of carbonyl (C=O) groups excluding carboxylic acids is 1. The number of ether oxygens (including phenoxy) is 1. The Kier molecular flexibility index (Phi) is 6.98. The Bertz CT molecular complexity index is 257. The van der Waals surface area contributed by atoms with Gasteiger partial charge in [-0.25, -0.2) is 0 Å². The van der Waals surface area contributed by atoms with Crippen molar-refractivity contribution in [2.45, 2.75) is 32.6 Å². The highest BCUT2D eigenvalue weighted by Gasteiger charge is 2.11. The molecule has 0 aliphatic carbocycles. The molecule has 15 heavy (non-hydrogen) atoms. The van der Waals surface area contributed by atoms with Crippen molar-refractivity contribution in [2.75, 3.05) is 6.61 Å². The van der Waals surface area contributed by atoms with Gasteiger partial charge in [-0.1, -0.05) is 6.92 Å². The number of nitriles is 1. The number of nitrogens with zero attached hydrogens (tertiary/aromatic N) is 1. The number of hydrogen-bond donors (Lipinski definition) is 1. The maximum Gasteiger partial charge on any atom is 0.306 e. The van der Waals surface area contributed by atoms with Crippen LogP contribution in [0.1, 0.15) is 32.6 Å². The highest BCUT2D eigenvalue weighted by molar-refractivity contribution is 5.70. The van der Waals surface area contributed by atoms with Crippen molar-refractivity contribution in [1.29, 1.82) is 5.26 Å². The van der Waals surface area contributed by atoms with Crippen molar-refractivity contribution in [2.24, 2.45) is 5.92 Å². The predicted octanol–water partition coefficient (Wildman–Crippen LogP) is 1.33. The molecule has 1 atom stereocenters. The first-order chi connectivity index (χ1) is 7.07. The average Bonchev–Trinajstić information content (AvgIpc) is 2.18. The summed E-state index contributed by atoms with van der Waals surface area (Å²) in [7, 11) is 0. The Labute approximate surface area is 88.6 Å². The highest BCUT2D eigenvalue weighted by Crippen LogP contribution is 2.08. The minimum Gasteiger partial charge on any atom is -0.481 e.